The van der Waals surface area contributed by atoms with Gasteiger partial charge < -0.3 is 9.47 Å². The summed E-state index contributed by atoms with van der Waals surface area (Å²) in [5, 5.41) is 3.71. The second kappa shape index (κ2) is 3.69. The molecule has 0 bridgehead atoms. The first-order chi connectivity index (χ1) is 7.93. The van der Waals surface area contributed by atoms with Gasteiger partial charge in [0, 0.05) is 6.54 Å². The monoisotopic (exact) mass is 239 g/mol. The van der Waals surface area contributed by atoms with Crippen molar-refractivity contribution in [1.29, 1.82) is 0 Å². The standard InChI is InChI=1S/C14H25NO2/c1-11-4-12(2,3)6-14(5-11)15-7-13(10-17-14)8-16-9-13/h11,15H,4-10H2,1-3H3. The molecule has 1 saturated carbocycles. The molecular formula is C14H25NO2. The van der Waals surface area contributed by atoms with Crippen molar-refractivity contribution in [1.82, 2.24) is 5.32 Å². The highest BCUT2D eigenvalue weighted by Gasteiger charge is 2.51. The zero-order chi connectivity index (χ0) is 12.1. The van der Waals surface area contributed by atoms with Gasteiger partial charge in [0.25, 0.3) is 0 Å². The Morgan fingerprint density at radius 3 is 2.35 bits per heavy atom. The predicted octanol–water partition coefficient (Wildman–Crippen LogP) is 2.17. The molecule has 0 aromatic carbocycles. The van der Waals surface area contributed by atoms with Gasteiger partial charge in [-0.25, -0.2) is 0 Å². The van der Waals surface area contributed by atoms with Crippen molar-refractivity contribution in [3.63, 3.8) is 0 Å². The van der Waals surface area contributed by atoms with Crippen LogP contribution in [0, 0.1) is 16.7 Å². The Hall–Kier alpha value is -0.120. The molecule has 2 atom stereocenters. The summed E-state index contributed by atoms with van der Waals surface area (Å²) in [6.45, 7) is 10.8. The number of nitrogens with one attached hydrogen (secondary N) is 1. The maximum Gasteiger partial charge on any atom is 0.120 e. The van der Waals surface area contributed by atoms with Crippen LogP contribution in [-0.4, -0.2) is 32.1 Å². The second-order valence-corrected chi connectivity index (χ2v) is 7.48. The predicted molar refractivity (Wildman–Crippen MR) is 66.7 cm³/mol. The molecule has 3 fully saturated rings. The van der Waals surface area contributed by atoms with Crippen molar-refractivity contribution in [3.8, 4) is 0 Å². The lowest BCUT2D eigenvalue weighted by Gasteiger charge is -2.55. The van der Waals surface area contributed by atoms with Crippen LogP contribution in [0.3, 0.4) is 0 Å². The van der Waals surface area contributed by atoms with Crippen LogP contribution >= 0.6 is 0 Å². The topological polar surface area (TPSA) is 30.5 Å². The van der Waals surface area contributed by atoms with Crippen LogP contribution in [-0.2, 0) is 9.47 Å². The highest BCUT2D eigenvalue weighted by Crippen LogP contribution is 2.47. The van der Waals surface area contributed by atoms with Crippen LogP contribution in [0.15, 0.2) is 0 Å². The Balaban J connectivity index is 1.70. The van der Waals surface area contributed by atoms with E-state index in [0.29, 0.717) is 5.41 Å². The normalized spacial score (nSPS) is 43.6. The van der Waals surface area contributed by atoms with Crippen LogP contribution < -0.4 is 5.32 Å². The van der Waals surface area contributed by atoms with Gasteiger partial charge in [0.15, 0.2) is 0 Å². The summed E-state index contributed by atoms with van der Waals surface area (Å²) in [5.41, 5.74) is 0.628. The lowest BCUT2D eigenvalue weighted by Crippen LogP contribution is -2.66. The molecule has 2 heterocycles. The maximum atomic E-state index is 6.28. The minimum absolute atomic E-state index is 0.0536. The summed E-state index contributed by atoms with van der Waals surface area (Å²) in [6, 6.07) is 0. The summed E-state index contributed by atoms with van der Waals surface area (Å²) in [5.74, 6) is 0.748. The van der Waals surface area contributed by atoms with Gasteiger partial charge in [-0.05, 0) is 30.6 Å². The third-order valence-corrected chi connectivity index (χ3v) is 4.60. The van der Waals surface area contributed by atoms with E-state index in [1.54, 1.807) is 0 Å². The van der Waals surface area contributed by atoms with Crippen LogP contribution in [0.1, 0.15) is 40.0 Å². The van der Waals surface area contributed by atoms with E-state index in [4.69, 9.17) is 9.47 Å². The van der Waals surface area contributed by atoms with E-state index in [9.17, 15) is 0 Å². The molecule has 2 spiro atoms. The van der Waals surface area contributed by atoms with Crippen LogP contribution in [0.25, 0.3) is 0 Å². The summed E-state index contributed by atoms with van der Waals surface area (Å²) in [7, 11) is 0. The van der Waals surface area contributed by atoms with E-state index in [1.807, 2.05) is 0 Å². The Bertz CT molecular complexity index is 299. The highest BCUT2D eigenvalue weighted by molar-refractivity contribution is 5.00. The Morgan fingerprint density at radius 1 is 1.12 bits per heavy atom. The van der Waals surface area contributed by atoms with E-state index < -0.39 is 0 Å². The molecular weight excluding hydrogens is 214 g/mol. The minimum atomic E-state index is -0.0536. The molecule has 0 amide bonds. The van der Waals surface area contributed by atoms with Crippen LogP contribution in [0.2, 0.25) is 0 Å². The largest absolute Gasteiger partial charge is 0.380 e. The summed E-state index contributed by atoms with van der Waals surface area (Å²) < 4.78 is 11.6. The zero-order valence-corrected chi connectivity index (χ0v) is 11.3. The quantitative estimate of drug-likeness (QED) is 0.703. The summed E-state index contributed by atoms with van der Waals surface area (Å²) in [6.07, 6.45) is 3.61. The van der Waals surface area contributed by atoms with Gasteiger partial charge in [0.05, 0.1) is 25.2 Å². The first-order valence-electron chi connectivity index (χ1n) is 6.90. The molecule has 2 unspecified atom stereocenters. The highest BCUT2D eigenvalue weighted by atomic mass is 16.5. The fraction of sp³-hybridized carbons (Fsp3) is 1.00. The zero-order valence-electron chi connectivity index (χ0n) is 11.3. The molecule has 1 N–H and O–H groups in total. The fourth-order valence-electron chi connectivity index (χ4n) is 4.06. The molecule has 98 valence electrons. The van der Waals surface area contributed by atoms with Gasteiger partial charge in [-0.3, -0.25) is 5.32 Å². The molecule has 2 aliphatic heterocycles. The average Bonchev–Trinajstić information content (AvgIpc) is 2.12. The molecule has 3 nitrogen and oxygen atoms in total. The number of hydrogen-bond donors (Lipinski definition) is 1. The van der Waals surface area contributed by atoms with Crippen molar-refractivity contribution in [2.45, 2.75) is 45.8 Å². The molecule has 2 saturated heterocycles. The van der Waals surface area contributed by atoms with Crippen LogP contribution in [0.4, 0.5) is 0 Å². The lowest BCUT2D eigenvalue weighted by molar-refractivity contribution is -0.241. The van der Waals surface area contributed by atoms with Gasteiger partial charge in [-0.2, -0.15) is 0 Å². The molecule has 1 aliphatic carbocycles. The molecule has 3 rings (SSSR count). The average molecular weight is 239 g/mol. The van der Waals surface area contributed by atoms with E-state index in [2.05, 4.69) is 26.1 Å². The van der Waals surface area contributed by atoms with Gasteiger partial charge in [0.1, 0.15) is 5.72 Å². The van der Waals surface area contributed by atoms with Gasteiger partial charge >= 0.3 is 0 Å². The van der Waals surface area contributed by atoms with Crippen molar-refractivity contribution in [2.24, 2.45) is 16.7 Å². The Kier molecular flexibility index (Phi) is 2.59. The maximum absolute atomic E-state index is 6.28. The smallest absolute Gasteiger partial charge is 0.120 e. The molecule has 0 aromatic heterocycles. The van der Waals surface area contributed by atoms with Gasteiger partial charge in [-0.15, -0.1) is 0 Å². The van der Waals surface area contributed by atoms with Gasteiger partial charge in [-0.1, -0.05) is 20.8 Å². The van der Waals surface area contributed by atoms with Crippen molar-refractivity contribution in [3.05, 3.63) is 0 Å². The molecule has 17 heavy (non-hydrogen) atoms. The third-order valence-electron chi connectivity index (χ3n) is 4.60. The first-order valence-corrected chi connectivity index (χ1v) is 6.90. The van der Waals surface area contributed by atoms with Crippen LogP contribution in [0.5, 0.6) is 0 Å². The van der Waals surface area contributed by atoms with E-state index >= 15 is 0 Å². The van der Waals surface area contributed by atoms with E-state index in [1.165, 1.54) is 6.42 Å². The van der Waals surface area contributed by atoms with E-state index in [-0.39, 0.29) is 11.1 Å². The van der Waals surface area contributed by atoms with Crippen molar-refractivity contribution in [2.75, 3.05) is 26.4 Å². The number of ether oxygens (including phenoxy) is 2. The Labute approximate surface area is 104 Å². The summed E-state index contributed by atoms with van der Waals surface area (Å²) >= 11 is 0. The second-order valence-electron chi connectivity index (χ2n) is 7.48. The molecule has 3 heteroatoms. The number of rotatable bonds is 0. The first kappa shape index (κ1) is 11.9. The fourth-order valence-corrected chi connectivity index (χ4v) is 4.06. The Morgan fingerprint density at radius 2 is 1.88 bits per heavy atom. The van der Waals surface area contributed by atoms with Gasteiger partial charge in [0.2, 0.25) is 0 Å². The molecule has 0 aromatic rings. The van der Waals surface area contributed by atoms with Crippen molar-refractivity contribution >= 4 is 0 Å². The van der Waals surface area contributed by atoms with Crippen molar-refractivity contribution < 1.29 is 9.47 Å². The lowest BCUT2D eigenvalue weighted by atomic mass is 9.68. The minimum Gasteiger partial charge on any atom is -0.380 e. The molecule has 3 aliphatic rings. The summed E-state index contributed by atoms with van der Waals surface area (Å²) in [4.78, 5) is 0. The number of hydrogen-bond acceptors (Lipinski definition) is 3. The third kappa shape index (κ3) is 2.13. The SMILES string of the molecule is CC1CC(C)(C)CC2(C1)NCC1(COC1)CO2. The van der Waals surface area contributed by atoms with E-state index in [0.717, 1.165) is 45.1 Å². The molecule has 0 radical (unpaired) electrons.